The summed E-state index contributed by atoms with van der Waals surface area (Å²) in [7, 11) is 0. The summed E-state index contributed by atoms with van der Waals surface area (Å²) >= 11 is 0. The van der Waals surface area contributed by atoms with Gasteiger partial charge in [0.15, 0.2) is 0 Å². The second-order valence-corrected chi connectivity index (χ2v) is 3.87. The minimum absolute atomic E-state index is 0. The van der Waals surface area contributed by atoms with E-state index < -0.39 is 0 Å². The van der Waals surface area contributed by atoms with E-state index in [1.165, 1.54) is 0 Å². The van der Waals surface area contributed by atoms with Crippen LogP contribution in [0.15, 0.2) is 24.3 Å². The largest absolute Gasteiger partial charge is 0.326 e. The number of amides is 1. The van der Waals surface area contributed by atoms with Gasteiger partial charge in [-0.1, -0.05) is 12.1 Å². The first-order chi connectivity index (χ1) is 7.31. The van der Waals surface area contributed by atoms with Crippen molar-refractivity contribution in [2.45, 2.75) is 25.8 Å². The van der Waals surface area contributed by atoms with Gasteiger partial charge in [-0.2, -0.15) is 0 Å². The molecule has 1 heterocycles. The Bertz CT molecular complexity index is 351. The van der Waals surface area contributed by atoms with Gasteiger partial charge in [-0.25, -0.2) is 0 Å². The number of benzene rings is 1. The van der Waals surface area contributed by atoms with E-state index in [1.807, 2.05) is 29.2 Å². The molecule has 1 aromatic carbocycles. The van der Waals surface area contributed by atoms with Crippen LogP contribution in [0.5, 0.6) is 0 Å². The number of hydrogen-bond donors (Lipinski definition) is 1. The van der Waals surface area contributed by atoms with E-state index in [-0.39, 0.29) is 18.3 Å². The number of carbonyl (C=O) groups is 1. The molecule has 0 unspecified atom stereocenters. The lowest BCUT2D eigenvalue weighted by Gasteiger charge is -2.26. The van der Waals surface area contributed by atoms with Crippen LogP contribution in [0.3, 0.4) is 0 Å². The van der Waals surface area contributed by atoms with Crippen molar-refractivity contribution in [3.63, 3.8) is 0 Å². The maximum absolute atomic E-state index is 11.7. The van der Waals surface area contributed by atoms with E-state index in [0.29, 0.717) is 13.0 Å². The van der Waals surface area contributed by atoms with Gasteiger partial charge < -0.3 is 10.6 Å². The number of piperidine rings is 1. The maximum atomic E-state index is 11.7. The molecule has 3 nitrogen and oxygen atoms in total. The molecule has 0 bridgehead atoms. The predicted octanol–water partition coefficient (Wildman–Crippen LogP) is 2.08. The van der Waals surface area contributed by atoms with Crippen molar-refractivity contribution in [3.8, 4) is 0 Å². The van der Waals surface area contributed by atoms with Gasteiger partial charge in [0.1, 0.15) is 0 Å². The van der Waals surface area contributed by atoms with Gasteiger partial charge in [0.25, 0.3) is 0 Å². The van der Waals surface area contributed by atoms with Crippen molar-refractivity contribution in [1.29, 1.82) is 0 Å². The fourth-order valence-electron chi connectivity index (χ4n) is 1.89. The van der Waals surface area contributed by atoms with Crippen LogP contribution in [0.2, 0.25) is 0 Å². The molecule has 2 rings (SSSR count). The fourth-order valence-corrected chi connectivity index (χ4v) is 1.89. The van der Waals surface area contributed by atoms with Gasteiger partial charge in [-0.3, -0.25) is 4.79 Å². The Balaban J connectivity index is 0.00000128. The van der Waals surface area contributed by atoms with E-state index in [2.05, 4.69) is 0 Å². The lowest BCUT2D eigenvalue weighted by molar-refractivity contribution is -0.119. The standard InChI is InChI=1S/C12H16N2O.ClH/c13-9-10-4-6-11(7-5-10)14-8-2-1-3-12(14)15;/h4-7H,1-3,8-9,13H2;1H. The zero-order valence-electron chi connectivity index (χ0n) is 9.19. The zero-order valence-corrected chi connectivity index (χ0v) is 10.0. The summed E-state index contributed by atoms with van der Waals surface area (Å²) in [6.07, 6.45) is 2.80. The Morgan fingerprint density at radius 1 is 1.19 bits per heavy atom. The van der Waals surface area contributed by atoms with Crippen LogP contribution in [0.25, 0.3) is 0 Å². The van der Waals surface area contributed by atoms with Gasteiger partial charge in [-0.15, -0.1) is 12.4 Å². The zero-order chi connectivity index (χ0) is 10.7. The lowest BCUT2D eigenvalue weighted by atomic mass is 10.1. The summed E-state index contributed by atoms with van der Waals surface area (Å²) in [4.78, 5) is 13.5. The summed E-state index contributed by atoms with van der Waals surface area (Å²) in [6, 6.07) is 7.92. The van der Waals surface area contributed by atoms with E-state index in [1.54, 1.807) is 0 Å². The van der Waals surface area contributed by atoms with Gasteiger partial charge in [0.2, 0.25) is 5.91 Å². The molecule has 0 radical (unpaired) electrons. The van der Waals surface area contributed by atoms with E-state index in [9.17, 15) is 4.79 Å². The minimum Gasteiger partial charge on any atom is -0.326 e. The number of carbonyl (C=O) groups excluding carboxylic acids is 1. The molecular weight excluding hydrogens is 224 g/mol. The molecule has 16 heavy (non-hydrogen) atoms. The average molecular weight is 241 g/mol. The van der Waals surface area contributed by atoms with E-state index in [4.69, 9.17) is 5.73 Å². The Kier molecular flexibility index (Phi) is 4.77. The van der Waals surface area contributed by atoms with Gasteiger partial charge >= 0.3 is 0 Å². The Hall–Kier alpha value is -1.06. The first-order valence-electron chi connectivity index (χ1n) is 5.40. The van der Waals surface area contributed by atoms with E-state index >= 15 is 0 Å². The molecular formula is C12H17ClN2O. The smallest absolute Gasteiger partial charge is 0.226 e. The topological polar surface area (TPSA) is 46.3 Å². The molecule has 88 valence electrons. The molecule has 1 saturated heterocycles. The number of hydrogen-bond acceptors (Lipinski definition) is 2. The third-order valence-corrected chi connectivity index (χ3v) is 2.81. The monoisotopic (exact) mass is 240 g/mol. The maximum Gasteiger partial charge on any atom is 0.226 e. The summed E-state index contributed by atoms with van der Waals surface area (Å²) in [5, 5.41) is 0. The Morgan fingerprint density at radius 2 is 1.88 bits per heavy atom. The Labute approximate surface area is 102 Å². The summed E-state index contributed by atoms with van der Waals surface area (Å²) in [5.74, 6) is 0.238. The van der Waals surface area contributed by atoms with Gasteiger partial charge in [0.05, 0.1) is 0 Å². The van der Waals surface area contributed by atoms with Gasteiger partial charge in [-0.05, 0) is 30.5 Å². The number of halogens is 1. The van der Waals surface area contributed by atoms with Crippen LogP contribution in [0.1, 0.15) is 24.8 Å². The molecule has 0 spiro atoms. The van der Waals surface area contributed by atoms with Crippen LogP contribution in [-0.4, -0.2) is 12.5 Å². The third-order valence-electron chi connectivity index (χ3n) is 2.81. The van der Waals surface area contributed by atoms with Crippen molar-refractivity contribution >= 4 is 24.0 Å². The number of nitrogens with two attached hydrogens (primary N) is 1. The second-order valence-electron chi connectivity index (χ2n) is 3.87. The molecule has 0 atom stereocenters. The first-order valence-corrected chi connectivity index (χ1v) is 5.40. The van der Waals surface area contributed by atoms with Crippen molar-refractivity contribution in [1.82, 2.24) is 0 Å². The summed E-state index contributed by atoms with van der Waals surface area (Å²) in [6.45, 7) is 1.40. The molecule has 1 aliphatic rings. The highest BCUT2D eigenvalue weighted by molar-refractivity contribution is 5.93. The SMILES string of the molecule is Cl.NCc1ccc(N2CCCCC2=O)cc1. The third kappa shape index (κ3) is 2.74. The van der Waals surface area contributed by atoms with Crippen LogP contribution in [0.4, 0.5) is 5.69 Å². The highest BCUT2D eigenvalue weighted by Crippen LogP contribution is 2.20. The lowest BCUT2D eigenvalue weighted by Crippen LogP contribution is -2.35. The highest BCUT2D eigenvalue weighted by atomic mass is 35.5. The summed E-state index contributed by atoms with van der Waals surface area (Å²) < 4.78 is 0. The molecule has 4 heteroatoms. The van der Waals surface area contributed by atoms with Crippen LogP contribution in [0, 0.1) is 0 Å². The quantitative estimate of drug-likeness (QED) is 0.861. The fraction of sp³-hybridized carbons (Fsp3) is 0.417. The molecule has 0 aromatic heterocycles. The molecule has 1 aliphatic heterocycles. The van der Waals surface area contributed by atoms with E-state index in [0.717, 1.165) is 30.6 Å². The van der Waals surface area contributed by atoms with Crippen LogP contribution in [-0.2, 0) is 11.3 Å². The predicted molar refractivity (Wildman–Crippen MR) is 67.8 cm³/mol. The normalized spacial score (nSPS) is 15.8. The number of nitrogens with zero attached hydrogens (tertiary/aromatic N) is 1. The van der Waals surface area contributed by atoms with Crippen molar-refractivity contribution < 1.29 is 4.79 Å². The summed E-state index contributed by atoms with van der Waals surface area (Å²) in [5.41, 5.74) is 7.62. The number of rotatable bonds is 2. The molecule has 1 fully saturated rings. The second kappa shape index (κ2) is 5.87. The molecule has 0 saturated carbocycles. The molecule has 1 aromatic rings. The molecule has 0 aliphatic carbocycles. The Morgan fingerprint density at radius 3 is 2.44 bits per heavy atom. The number of anilines is 1. The van der Waals surface area contributed by atoms with Crippen LogP contribution >= 0.6 is 12.4 Å². The highest BCUT2D eigenvalue weighted by Gasteiger charge is 2.18. The average Bonchev–Trinajstić information content (AvgIpc) is 2.30. The van der Waals surface area contributed by atoms with Crippen molar-refractivity contribution in [2.24, 2.45) is 5.73 Å². The van der Waals surface area contributed by atoms with Crippen LogP contribution < -0.4 is 10.6 Å². The van der Waals surface area contributed by atoms with Crippen molar-refractivity contribution in [2.75, 3.05) is 11.4 Å². The van der Waals surface area contributed by atoms with Crippen molar-refractivity contribution in [3.05, 3.63) is 29.8 Å². The van der Waals surface area contributed by atoms with Gasteiger partial charge in [0, 0.05) is 25.2 Å². The molecule has 1 amide bonds. The first kappa shape index (κ1) is 13.0. The molecule has 2 N–H and O–H groups in total. The minimum atomic E-state index is 0.